The fraction of sp³-hybridized carbons (Fsp3) is 1.00. The van der Waals surface area contributed by atoms with Gasteiger partial charge >= 0.3 is 13.2 Å². The van der Waals surface area contributed by atoms with Gasteiger partial charge in [-0.1, -0.05) is 0 Å². The Kier molecular flexibility index (Phi) is 5.23. The fourth-order valence-corrected chi connectivity index (χ4v) is 0.274. The van der Waals surface area contributed by atoms with E-state index in [4.69, 9.17) is 0 Å². The summed E-state index contributed by atoms with van der Waals surface area (Å²) in [7, 11) is 0. The summed E-state index contributed by atoms with van der Waals surface area (Å²) in [6, 6.07) is 0. The molecule has 0 atom stereocenters. The Bertz CT molecular complexity index is 67.7. The molecule has 10 heavy (non-hydrogen) atoms. The Morgan fingerprint density at radius 3 is 1.30 bits per heavy atom. The maximum absolute atomic E-state index is 11.1. The largest absolute Gasteiger partial charge is 0.345 e. The quantitative estimate of drug-likeness (QED) is 0.450. The summed E-state index contributed by atoms with van der Waals surface area (Å²) >= 11 is 0. The lowest BCUT2D eigenvalue weighted by Crippen LogP contribution is -2.10. The van der Waals surface area contributed by atoms with Gasteiger partial charge in [-0.05, 0) is 0 Å². The van der Waals surface area contributed by atoms with Crippen LogP contribution in [0, 0.1) is 0 Å². The van der Waals surface area contributed by atoms with Crippen LogP contribution in [0.3, 0.4) is 0 Å². The molecule has 0 N–H and O–H groups in total. The van der Waals surface area contributed by atoms with Crippen molar-refractivity contribution in [2.45, 2.75) is 13.2 Å². The van der Waals surface area contributed by atoms with Crippen LogP contribution in [0.4, 0.5) is 17.6 Å². The second-order valence-corrected chi connectivity index (χ2v) is 1.26. The lowest BCUT2D eigenvalue weighted by molar-refractivity contribution is -0.175. The summed E-state index contributed by atoms with van der Waals surface area (Å²) in [6.45, 7) is -6.91. The molecule has 2 nitrogen and oxygen atoms in total. The van der Waals surface area contributed by atoms with E-state index in [1.165, 1.54) is 0 Å². The first-order valence-electron chi connectivity index (χ1n) is 2.42. The van der Waals surface area contributed by atoms with E-state index in [1.54, 1.807) is 0 Å². The Morgan fingerprint density at radius 1 is 0.800 bits per heavy atom. The number of hydrogen-bond acceptors (Lipinski definition) is 2. The van der Waals surface area contributed by atoms with Gasteiger partial charge in [-0.25, -0.2) is 0 Å². The topological polar surface area (TPSA) is 18.5 Å². The van der Waals surface area contributed by atoms with Gasteiger partial charge in [-0.2, -0.15) is 17.6 Å². The maximum atomic E-state index is 11.1. The van der Waals surface area contributed by atoms with Crippen molar-refractivity contribution in [3.63, 3.8) is 0 Å². The molecule has 0 aromatic carbocycles. The van der Waals surface area contributed by atoms with Crippen LogP contribution in [0.2, 0.25) is 0 Å². The Morgan fingerprint density at radius 2 is 1.10 bits per heavy atom. The summed E-state index contributed by atoms with van der Waals surface area (Å²) < 4.78 is 51.6. The molecule has 0 bridgehead atoms. The average Bonchev–Trinajstić information content (AvgIpc) is 1.79. The van der Waals surface area contributed by atoms with E-state index >= 15 is 0 Å². The van der Waals surface area contributed by atoms with Gasteiger partial charge in [0.25, 0.3) is 0 Å². The van der Waals surface area contributed by atoms with Crippen LogP contribution in [0.25, 0.3) is 0 Å². The van der Waals surface area contributed by atoms with Gasteiger partial charge in [-0.3, -0.25) is 0 Å². The smallest absolute Gasteiger partial charge is 0.321 e. The van der Waals surface area contributed by atoms with Gasteiger partial charge < -0.3 is 9.47 Å². The van der Waals surface area contributed by atoms with Crippen molar-refractivity contribution in [2.24, 2.45) is 0 Å². The molecule has 0 amide bonds. The molecule has 62 valence electrons. The summed E-state index contributed by atoms with van der Waals surface area (Å²) in [5, 5.41) is 0. The van der Waals surface area contributed by atoms with Crippen molar-refractivity contribution < 1.29 is 27.0 Å². The van der Waals surface area contributed by atoms with Crippen LogP contribution in [-0.4, -0.2) is 26.4 Å². The summed E-state index contributed by atoms with van der Waals surface area (Å²) in [4.78, 5) is 0. The minimum atomic E-state index is -2.93. The van der Waals surface area contributed by atoms with Crippen molar-refractivity contribution in [3.8, 4) is 0 Å². The second kappa shape index (κ2) is 5.43. The van der Waals surface area contributed by atoms with Crippen LogP contribution >= 0.6 is 0 Å². The molecular weight excluding hydrogens is 156 g/mol. The van der Waals surface area contributed by atoms with E-state index in [1.807, 2.05) is 0 Å². The number of hydrogen-bond donors (Lipinski definition) is 0. The molecule has 0 saturated carbocycles. The van der Waals surface area contributed by atoms with Gasteiger partial charge in [-0.15, -0.1) is 0 Å². The fourth-order valence-electron chi connectivity index (χ4n) is 0.274. The highest BCUT2D eigenvalue weighted by Crippen LogP contribution is 1.96. The normalized spacial score (nSPS) is 11.4. The van der Waals surface area contributed by atoms with Gasteiger partial charge in [0.15, 0.2) is 0 Å². The van der Waals surface area contributed by atoms with Crippen molar-refractivity contribution in [3.05, 3.63) is 0 Å². The highest BCUT2D eigenvalue weighted by atomic mass is 19.3. The van der Waals surface area contributed by atoms with Gasteiger partial charge in [0.05, 0.1) is 13.2 Å². The Labute approximate surface area is 54.7 Å². The molecule has 6 heteroatoms. The molecule has 0 rings (SSSR count). The van der Waals surface area contributed by atoms with E-state index in [2.05, 4.69) is 9.47 Å². The van der Waals surface area contributed by atoms with Crippen LogP contribution in [0.1, 0.15) is 0 Å². The van der Waals surface area contributed by atoms with Crippen molar-refractivity contribution >= 4 is 0 Å². The monoisotopic (exact) mass is 162 g/mol. The third-order valence-electron chi connectivity index (χ3n) is 0.571. The first-order valence-corrected chi connectivity index (χ1v) is 2.42. The van der Waals surface area contributed by atoms with Crippen LogP contribution in [0.5, 0.6) is 0 Å². The van der Waals surface area contributed by atoms with E-state index in [0.29, 0.717) is 0 Å². The SMILES string of the molecule is FC(F)OCCOC(F)F. The molecule has 0 aliphatic carbocycles. The molecule has 0 heterocycles. The van der Waals surface area contributed by atoms with Crippen LogP contribution in [-0.2, 0) is 9.47 Å². The van der Waals surface area contributed by atoms with E-state index in [9.17, 15) is 17.6 Å². The summed E-state index contributed by atoms with van der Waals surface area (Å²) in [5.41, 5.74) is 0. The first-order chi connectivity index (χ1) is 4.63. The van der Waals surface area contributed by atoms with E-state index in [-0.39, 0.29) is 0 Å². The molecule has 0 aromatic rings. The van der Waals surface area contributed by atoms with Crippen LogP contribution < -0.4 is 0 Å². The van der Waals surface area contributed by atoms with Gasteiger partial charge in [0.2, 0.25) is 0 Å². The minimum absolute atomic E-state index is 0.526. The molecule has 0 fully saturated rings. The number of alkyl halides is 4. The maximum Gasteiger partial charge on any atom is 0.345 e. The van der Waals surface area contributed by atoms with E-state index < -0.39 is 26.4 Å². The van der Waals surface area contributed by atoms with Gasteiger partial charge in [0.1, 0.15) is 0 Å². The standard InChI is InChI=1S/C4H6F4O2/c5-3(6)9-1-2-10-4(7)8/h3-4H,1-2H2. The molecule has 0 aliphatic rings. The number of rotatable bonds is 5. The predicted molar refractivity (Wildman–Crippen MR) is 23.9 cm³/mol. The molecule has 0 radical (unpaired) electrons. The Hall–Kier alpha value is -0.360. The van der Waals surface area contributed by atoms with Gasteiger partial charge in [0, 0.05) is 0 Å². The zero-order valence-electron chi connectivity index (χ0n) is 4.90. The Balaban J connectivity index is 2.91. The lowest BCUT2D eigenvalue weighted by atomic mass is 10.8. The summed E-state index contributed by atoms with van der Waals surface area (Å²) in [6.07, 6.45) is 0. The molecule has 0 aliphatic heterocycles. The van der Waals surface area contributed by atoms with E-state index in [0.717, 1.165) is 0 Å². The molecule has 0 spiro atoms. The summed E-state index contributed by atoms with van der Waals surface area (Å²) in [5.74, 6) is 0. The molecule has 0 unspecified atom stereocenters. The van der Waals surface area contributed by atoms with Crippen molar-refractivity contribution in [2.75, 3.05) is 13.2 Å². The zero-order chi connectivity index (χ0) is 7.98. The molecular formula is C4H6F4O2. The average molecular weight is 162 g/mol. The highest BCUT2D eigenvalue weighted by molar-refractivity contribution is 4.25. The number of halogens is 4. The highest BCUT2D eigenvalue weighted by Gasteiger charge is 2.03. The van der Waals surface area contributed by atoms with Crippen LogP contribution in [0.15, 0.2) is 0 Å². The zero-order valence-corrected chi connectivity index (χ0v) is 4.90. The third-order valence-corrected chi connectivity index (χ3v) is 0.571. The minimum Gasteiger partial charge on any atom is -0.321 e. The first kappa shape index (κ1) is 9.64. The molecule has 0 saturated heterocycles. The second-order valence-electron chi connectivity index (χ2n) is 1.26. The molecule has 0 aromatic heterocycles. The predicted octanol–water partition coefficient (Wildman–Crippen LogP) is 1.46. The van der Waals surface area contributed by atoms with Crippen molar-refractivity contribution in [1.82, 2.24) is 0 Å². The third kappa shape index (κ3) is 7.64. The number of ether oxygens (including phenoxy) is 2. The van der Waals surface area contributed by atoms with Crippen molar-refractivity contribution in [1.29, 1.82) is 0 Å². The lowest BCUT2D eigenvalue weighted by Gasteiger charge is -2.02.